The molecule has 6 N–H and O–H groups in total. The molecule has 1 unspecified atom stereocenters. The SMILES string of the molecule is CC(O)C(=O)O.O.O.[Zn]. The van der Waals surface area contributed by atoms with Crippen LogP contribution in [-0.2, 0) is 24.3 Å². The van der Waals surface area contributed by atoms with Gasteiger partial charge in [0.05, 0.1) is 0 Å². The third kappa shape index (κ3) is 18.0. The number of carboxylic acids is 1. The van der Waals surface area contributed by atoms with E-state index in [4.69, 9.17) is 10.2 Å². The molecule has 0 aromatic carbocycles. The van der Waals surface area contributed by atoms with Crippen molar-refractivity contribution in [1.82, 2.24) is 0 Å². The van der Waals surface area contributed by atoms with Crippen molar-refractivity contribution >= 4 is 5.97 Å². The summed E-state index contributed by atoms with van der Waals surface area (Å²) >= 11 is 0. The van der Waals surface area contributed by atoms with Crippen LogP contribution in [0.3, 0.4) is 0 Å². The Kier molecular flexibility index (Phi) is 27.8. The molecule has 0 aliphatic heterocycles. The molecule has 0 saturated carbocycles. The average molecular weight is 191 g/mol. The fourth-order valence-electron chi connectivity index (χ4n) is 0. The molecule has 54 valence electrons. The zero-order valence-corrected chi connectivity index (χ0v) is 8.05. The van der Waals surface area contributed by atoms with E-state index in [1.54, 1.807) is 0 Å². The van der Waals surface area contributed by atoms with E-state index in [9.17, 15) is 4.79 Å². The number of rotatable bonds is 1. The van der Waals surface area contributed by atoms with Gasteiger partial charge in [0.2, 0.25) is 0 Å². The van der Waals surface area contributed by atoms with Crippen molar-refractivity contribution in [3.05, 3.63) is 0 Å². The monoisotopic (exact) mass is 190 g/mol. The van der Waals surface area contributed by atoms with Crippen molar-refractivity contribution in [2.24, 2.45) is 0 Å². The minimum absolute atomic E-state index is 0. The summed E-state index contributed by atoms with van der Waals surface area (Å²) in [6.45, 7) is 1.20. The average Bonchev–Trinajstić information content (AvgIpc) is 1.36. The number of aliphatic hydroxyl groups is 1. The zero-order chi connectivity index (χ0) is 5.15. The molecule has 0 aromatic rings. The van der Waals surface area contributed by atoms with Gasteiger partial charge in [0.15, 0.2) is 0 Å². The van der Waals surface area contributed by atoms with Crippen LogP contribution in [0, 0.1) is 0 Å². The molecule has 0 bridgehead atoms. The molecule has 0 spiro atoms. The Morgan fingerprint density at radius 3 is 1.56 bits per heavy atom. The Bertz CT molecular complexity index is 63.2. The van der Waals surface area contributed by atoms with E-state index in [1.165, 1.54) is 6.92 Å². The van der Waals surface area contributed by atoms with Gasteiger partial charge in [0, 0.05) is 19.5 Å². The number of aliphatic hydroxyl groups excluding tert-OH is 1. The zero-order valence-electron chi connectivity index (χ0n) is 5.09. The standard InChI is InChI=1S/C3H6O3.2H2O.Zn/c1-2(4)3(5)6;;;/h2,4H,1H3,(H,5,6);2*1H2;. The minimum atomic E-state index is -1.23. The van der Waals surface area contributed by atoms with Gasteiger partial charge in [-0.2, -0.15) is 0 Å². The molecule has 0 fully saturated rings. The first-order valence-corrected chi connectivity index (χ1v) is 1.55. The number of hydrogen-bond acceptors (Lipinski definition) is 2. The summed E-state index contributed by atoms with van der Waals surface area (Å²) in [5.41, 5.74) is 0. The molecule has 9 heavy (non-hydrogen) atoms. The van der Waals surface area contributed by atoms with Gasteiger partial charge < -0.3 is 21.2 Å². The van der Waals surface area contributed by atoms with Crippen molar-refractivity contribution in [2.45, 2.75) is 13.0 Å². The second-order valence-corrected chi connectivity index (χ2v) is 1.01. The largest absolute Gasteiger partial charge is 0.479 e. The summed E-state index contributed by atoms with van der Waals surface area (Å²) in [5.74, 6) is -1.19. The summed E-state index contributed by atoms with van der Waals surface area (Å²) in [6, 6.07) is 0. The molecule has 0 heterocycles. The fourth-order valence-corrected chi connectivity index (χ4v) is 0. The second kappa shape index (κ2) is 10.9. The van der Waals surface area contributed by atoms with E-state index in [0.29, 0.717) is 0 Å². The van der Waals surface area contributed by atoms with E-state index in [-0.39, 0.29) is 30.4 Å². The molecule has 0 saturated heterocycles. The first kappa shape index (κ1) is 23.1. The summed E-state index contributed by atoms with van der Waals surface area (Å²) in [4.78, 5) is 9.45. The van der Waals surface area contributed by atoms with Gasteiger partial charge in [0.1, 0.15) is 6.10 Å². The summed E-state index contributed by atoms with van der Waals surface area (Å²) in [5, 5.41) is 15.8. The number of carbonyl (C=O) groups is 1. The molecule has 5 nitrogen and oxygen atoms in total. The van der Waals surface area contributed by atoms with Crippen LogP contribution in [-0.4, -0.2) is 33.2 Å². The summed E-state index contributed by atoms with van der Waals surface area (Å²) in [6.07, 6.45) is -1.23. The van der Waals surface area contributed by atoms with Crippen LogP contribution in [0.2, 0.25) is 0 Å². The van der Waals surface area contributed by atoms with Crippen LogP contribution >= 0.6 is 0 Å². The molecule has 0 aliphatic carbocycles. The molecular formula is C3H10O5Zn. The quantitative estimate of drug-likeness (QED) is 0.458. The Morgan fingerprint density at radius 2 is 1.56 bits per heavy atom. The van der Waals surface area contributed by atoms with Gasteiger partial charge in [-0.3, -0.25) is 0 Å². The summed E-state index contributed by atoms with van der Waals surface area (Å²) in [7, 11) is 0. The molecule has 0 radical (unpaired) electrons. The van der Waals surface area contributed by atoms with Crippen LogP contribution in [0.1, 0.15) is 6.92 Å². The van der Waals surface area contributed by atoms with E-state index in [0.717, 1.165) is 0 Å². The van der Waals surface area contributed by atoms with E-state index >= 15 is 0 Å². The van der Waals surface area contributed by atoms with Crippen LogP contribution in [0.15, 0.2) is 0 Å². The minimum Gasteiger partial charge on any atom is -0.479 e. The third-order valence-electron chi connectivity index (χ3n) is 0.357. The molecule has 0 rings (SSSR count). The second-order valence-electron chi connectivity index (χ2n) is 1.01. The molecule has 0 amide bonds. The van der Waals surface area contributed by atoms with E-state index in [1.807, 2.05) is 0 Å². The molecule has 1 atom stereocenters. The Balaban J connectivity index is -0.0000000417. The Hall–Kier alpha value is -0.0266. The van der Waals surface area contributed by atoms with Crippen LogP contribution < -0.4 is 0 Å². The van der Waals surface area contributed by atoms with E-state index in [2.05, 4.69) is 0 Å². The van der Waals surface area contributed by atoms with Crippen molar-refractivity contribution in [2.75, 3.05) is 0 Å². The Morgan fingerprint density at radius 1 is 1.44 bits per heavy atom. The predicted molar refractivity (Wildman–Crippen MR) is 26.5 cm³/mol. The van der Waals surface area contributed by atoms with Crippen molar-refractivity contribution < 1.29 is 45.4 Å². The molecule has 0 aromatic heterocycles. The number of aliphatic carboxylic acids is 1. The van der Waals surface area contributed by atoms with Gasteiger partial charge in [-0.15, -0.1) is 0 Å². The summed E-state index contributed by atoms with van der Waals surface area (Å²) < 4.78 is 0. The maximum Gasteiger partial charge on any atom is 0.332 e. The first-order valence-electron chi connectivity index (χ1n) is 1.55. The molecule has 0 aliphatic rings. The fraction of sp³-hybridized carbons (Fsp3) is 0.667. The first-order chi connectivity index (χ1) is 2.64. The van der Waals surface area contributed by atoms with Crippen molar-refractivity contribution in [1.29, 1.82) is 0 Å². The smallest absolute Gasteiger partial charge is 0.332 e. The maximum atomic E-state index is 9.45. The maximum absolute atomic E-state index is 9.45. The predicted octanol–water partition coefficient (Wildman–Crippen LogP) is -2.20. The Labute approximate surface area is 65.1 Å². The molecule has 6 heteroatoms. The van der Waals surface area contributed by atoms with Crippen molar-refractivity contribution in [3.63, 3.8) is 0 Å². The van der Waals surface area contributed by atoms with Crippen molar-refractivity contribution in [3.8, 4) is 0 Å². The van der Waals surface area contributed by atoms with Crippen LogP contribution in [0.4, 0.5) is 0 Å². The van der Waals surface area contributed by atoms with E-state index < -0.39 is 12.1 Å². The number of carboxylic acid groups (broad SMARTS) is 1. The van der Waals surface area contributed by atoms with Crippen LogP contribution in [0.25, 0.3) is 0 Å². The van der Waals surface area contributed by atoms with Crippen LogP contribution in [0.5, 0.6) is 0 Å². The van der Waals surface area contributed by atoms with Gasteiger partial charge >= 0.3 is 5.97 Å². The van der Waals surface area contributed by atoms with Gasteiger partial charge in [-0.05, 0) is 6.92 Å². The van der Waals surface area contributed by atoms with Gasteiger partial charge in [-0.25, -0.2) is 4.79 Å². The number of hydrogen-bond donors (Lipinski definition) is 2. The van der Waals surface area contributed by atoms with Gasteiger partial charge in [0.25, 0.3) is 0 Å². The van der Waals surface area contributed by atoms with Gasteiger partial charge in [-0.1, -0.05) is 0 Å². The third-order valence-corrected chi connectivity index (χ3v) is 0.357. The topological polar surface area (TPSA) is 121 Å². The molecular weight excluding hydrogens is 181 g/mol. The normalized spacial score (nSPS) is 9.11.